The maximum atomic E-state index is 12.7. The van der Waals surface area contributed by atoms with Gasteiger partial charge in [0.15, 0.2) is 5.60 Å². The third-order valence-electron chi connectivity index (χ3n) is 3.98. The predicted octanol–water partition coefficient (Wildman–Crippen LogP) is 3.93. The van der Waals surface area contributed by atoms with Crippen LogP contribution in [0.2, 0.25) is 5.02 Å². The summed E-state index contributed by atoms with van der Waals surface area (Å²) in [6, 6.07) is 12.6. The summed E-state index contributed by atoms with van der Waals surface area (Å²) in [7, 11) is 1.62. The van der Waals surface area contributed by atoms with Gasteiger partial charge in [0.2, 0.25) is 0 Å². The minimum atomic E-state index is -0.930. The number of methoxy groups -OCH3 is 1. The van der Waals surface area contributed by atoms with Crippen LogP contribution in [-0.2, 0) is 4.79 Å². The highest BCUT2D eigenvalue weighted by Gasteiger charge is 2.40. The zero-order valence-corrected chi connectivity index (χ0v) is 15.2. The lowest BCUT2D eigenvalue weighted by Crippen LogP contribution is -2.53. The molecule has 1 heterocycles. The monoisotopic (exact) mass is 361 g/mol. The molecule has 132 valence electrons. The van der Waals surface area contributed by atoms with Crippen molar-refractivity contribution in [2.45, 2.75) is 19.4 Å². The second kappa shape index (κ2) is 6.84. The molecule has 25 heavy (non-hydrogen) atoms. The molecule has 0 aromatic heterocycles. The number of nitrogens with zero attached hydrogens (tertiary/aromatic N) is 1. The van der Waals surface area contributed by atoms with E-state index in [2.05, 4.69) is 0 Å². The van der Waals surface area contributed by atoms with Crippen LogP contribution < -0.4 is 19.1 Å². The van der Waals surface area contributed by atoms with Crippen LogP contribution in [0.3, 0.4) is 0 Å². The lowest BCUT2D eigenvalue weighted by atomic mass is 10.0. The van der Waals surface area contributed by atoms with Gasteiger partial charge in [-0.2, -0.15) is 0 Å². The molecule has 1 aliphatic rings. The molecule has 5 nitrogen and oxygen atoms in total. The maximum Gasteiger partial charge on any atom is 0.270 e. The number of ether oxygens (including phenoxy) is 3. The van der Waals surface area contributed by atoms with Gasteiger partial charge in [-0.1, -0.05) is 11.6 Å². The molecule has 3 rings (SSSR count). The Morgan fingerprint density at radius 1 is 1.12 bits per heavy atom. The quantitative estimate of drug-likeness (QED) is 0.809. The Hall–Kier alpha value is -2.40. The van der Waals surface area contributed by atoms with Crippen molar-refractivity contribution in [2.75, 3.05) is 25.2 Å². The first kappa shape index (κ1) is 17.4. The van der Waals surface area contributed by atoms with E-state index in [9.17, 15) is 4.79 Å². The number of carbonyl (C=O) groups is 1. The summed E-state index contributed by atoms with van der Waals surface area (Å²) < 4.78 is 16.7. The first-order valence-corrected chi connectivity index (χ1v) is 8.36. The highest BCUT2D eigenvalue weighted by molar-refractivity contribution is 6.31. The number of hydrogen-bond acceptors (Lipinski definition) is 4. The smallest absolute Gasteiger partial charge is 0.270 e. The number of amides is 1. The van der Waals surface area contributed by atoms with E-state index in [0.717, 1.165) is 5.75 Å². The fourth-order valence-electron chi connectivity index (χ4n) is 2.69. The van der Waals surface area contributed by atoms with Gasteiger partial charge < -0.3 is 19.1 Å². The van der Waals surface area contributed by atoms with Crippen molar-refractivity contribution in [1.82, 2.24) is 0 Å². The van der Waals surface area contributed by atoms with Crippen molar-refractivity contribution in [3.8, 4) is 17.2 Å². The molecule has 0 spiro atoms. The third kappa shape index (κ3) is 3.66. The molecule has 0 bridgehead atoms. The average molecular weight is 362 g/mol. The van der Waals surface area contributed by atoms with Gasteiger partial charge >= 0.3 is 0 Å². The summed E-state index contributed by atoms with van der Waals surface area (Å²) >= 11 is 6.08. The van der Waals surface area contributed by atoms with Crippen molar-refractivity contribution in [2.24, 2.45) is 0 Å². The van der Waals surface area contributed by atoms with Gasteiger partial charge in [0.1, 0.15) is 23.9 Å². The van der Waals surface area contributed by atoms with E-state index in [1.807, 2.05) is 24.3 Å². The number of benzene rings is 2. The number of anilines is 1. The zero-order chi connectivity index (χ0) is 18.0. The third-order valence-corrected chi connectivity index (χ3v) is 4.22. The largest absolute Gasteiger partial charge is 0.497 e. The van der Waals surface area contributed by atoms with Gasteiger partial charge in [-0.15, -0.1) is 0 Å². The zero-order valence-electron chi connectivity index (χ0n) is 14.4. The number of carbonyl (C=O) groups excluding carboxylic acids is 1. The summed E-state index contributed by atoms with van der Waals surface area (Å²) in [5.41, 5.74) is -0.267. The number of halogens is 1. The van der Waals surface area contributed by atoms with Crippen LogP contribution >= 0.6 is 11.6 Å². The molecular formula is C19H20ClNO4. The second-order valence-electron chi connectivity index (χ2n) is 6.21. The fraction of sp³-hybridized carbons (Fsp3) is 0.316. The van der Waals surface area contributed by atoms with Crippen LogP contribution in [0, 0.1) is 0 Å². The van der Waals surface area contributed by atoms with E-state index < -0.39 is 5.60 Å². The summed E-state index contributed by atoms with van der Waals surface area (Å²) in [6.45, 7) is 4.25. The van der Waals surface area contributed by atoms with E-state index in [-0.39, 0.29) is 5.91 Å². The second-order valence-corrected chi connectivity index (χ2v) is 6.64. The molecule has 0 N–H and O–H groups in total. The van der Waals surface area contributed by atoms with Gasteiger partial charge in [0, 0.05) is 5.02 Å². The van der Waals surface area contributed by atoms with Crippen molar-refractivity contribution < 1.29 is 19.0 Å². The molecule has 0 fully saturated rings. The van der Waals surface area contributed by atoms with E-state index >= 15 is 0 Å². The molecular weight excluding hydrogens is 342 g/mol. The van der Waals surface area contributed by atoms with E-state index in [4.69, 9.17) is 25.8 Å². The Morgan fingerprint density at radius 3 is 2.48 bits per heavy atom. The number of hydrogen-bond donors (Lipinski definition) is 0. The van der Waals surface area contributed by atoms with Crippen molar-refractivity contribution in [1.29, 1.82) is 0 Å². The van der Waals surface area contributed by atoms with Crippen LogP contribution in [0.25, 0.3) is 0 Å². The minimum Gasteiger partial charge on any atom is -0.497 e. The Kier molecular flexibility index (Phi) is 4.77. The highest BCUT2D eigenvalue weighted by Crippen LogP contribution is 2.39. The molecule has 0 saturated carbocycles. The van der Waals surface area contributed by atoms with Gasteiger partial charge in [-0.25, -0.2) is 0 Å². The molecule has 0 saturated heterocycles. The average Bonchev–Trinajstić information content (AvgIpc) is 2.59. The SMILES string of the molecule is COc1ccc(OCCN2C(=O)C(C)(C)Oc3ccc(Cl)cc32)cc1. The lowest BCUT2D eigenvalue weighted by molar-refractivity contribution is -0.132. The van der Waals surface area contributed by atoms with Crippen molar-refractivity contribution >= 4 is 23.2 Å². The maximum absolute atomic E-state index is 12.7. The first-order chi connectivity index (χ1) is 11.9. The molecule has 0 radical (unpaired) electrons. The molecule has 2 aromatic carbocycles. The van der Waals surface area contributed by atoms with Crippen molar-refractivity contribution in [3.05, 3.63) is 47.5 Å². The van der Waals surface area contributed by atoms with Gasteiger partial charge in [-0.3, -0.25) is 4.79 Å². The molecule has 1 aliphatic heterocycles. The normalized spacial score (nSPS) is 15.4. The standard InChI is InChI=1S/C19H20ClNO4/c1-19(2)18(22)21(16-12-13(20)4-9-17(16)25-19)10-11-24-15-7-5-14(23-3)6-8-15/h4-9,12H,10-11H2,1-3H3. The molecule has 0 aliphatic carbocycles. The highest BCUT2D eigenvalue weighted by atomic mass is 35.5. The van der Waals surface area contributed by atoms with E-state index in [0.29, 0.717) is 35.4 Å². The first-order valence-electron chi connectivity index (χ1n) is 7.98. The summed E-state index contributed by atoms with van der Waals surface area (Å²) in [6.07, 6.45) is 0. The Balaban J connectivity index is 1.74. The Morgan fingerprint density at radius 2 is 1.80 bits per heavy atom. The van der Waals surface area contributed by atoms with Gasteiger partial charge in [-0.05, 0) is 56.3 Å². The van der Waals surface area contributed by atoms with Gasteiger partial charge in [0.05, 0.1) is 19.3 Å². The number of fused-ring (bicyclic) bond motifs is 1. The summed E-state index contributed by atoms with van der Waals surface area (Å²) in [5.74, 6) is 1.99. The van der Waals surface area contributed by atoms with Crippen LogP contribution in [0.1, 0.15) is 13.8 Å². The molecule has 1 amide bonds. The van der Waals surface area contributed by atoms with Crippen LogP contribution in [0.15, 0.2) is 42.5 Å². The van der Waals surface area contributed by atoms with Crippen LogP contribution in [-0.4, -0.2) is 31.8 Å². The Labute approximate surface area is 152 Å². The summed E-state index contributed by atoms with van der Waals surface area (Å²) in [5, 5.41) is 0.552. The van der Waals surface area contributed by atoms with Gasteiger partial charge in [0.25, 0.3) is 5.91 Å². The molecule has 0 unspecified atom stereocenters. The number of rotatable bonds is 5. The summed E-state index contributed by atoms with van der Waals surface area (Å²) in [4.78, 5) is 14.4. The molecule has 0 atom stereocenters. The van der Waals surface area contributed by atoms with Crippen LogP contribution in [0.4, 0.5) is 5.69 Å². The van der Waals surface area contributed by atoms with Crippen LogP contribution in [0.5, 0.6) is 17.2 Å². The molecule has 2 aromatic rings. The van der Waals surface area contributed by atoms with E-state index in [1.54, 1.807) is 44.1 Å². The van der Waals surface area contributed by atoms with E-state index in [1.165, 1.54) is 0 Å². The Bertz CT molecular complexity index is 773. The topological polar surface area (TPSA) is 48.0 Å². The minimum absolute atomic E-state index is 0.124. The predicted molar refractivity (Wildman–Crippen MR) is 97.0 cm³/mol. The lowest BCUT2D eigenvalue weighted by Gasteiger charge is -2.38. The fourth-order valence-corrected chi connectivity index (χ4v) is 2.86. The van der Waals surface area contributed by atoms with Crippen molar-refractivity contribution in [3.63, 3.8) is 0 Å². The molecule has 6 heteroatoms.